The van der Waals surface area contributed by atoms with E-state index < -0.39 is 0 Å². The zero-order valence-electron chi connectivity index (χ0n) is 16.3. The van der Waals surface area contributed by atoms with Gasteiger partial charge in [-0.1, -0.05) is 12.5 Å². The number of nitrogens with one attached hydrogen (secondary N) is 2. The van der Waals surface area contributed by atoms with Gasteiger partial charge in [0.25, 0.3) is 5.91 Å². The number of rotatable bonds is 5. The Hall–Kier alpha value is -2.34. The maximum atomic E-state index is 12.5. The second-order valence-electron chi connectivity index (χ2n) is 7.74. The first kappa shape index (κ1) is 18.0. The molecule has 1 aliphatic heterocycles. The van der Waals surface area contributed by atoms with Crippen molar-refractivity contribution in [2.24, 2.45) is 7.05 Å². The number of likely N-dealkylation sites (tertiary alicyclic amines) is 1. The van der Waals surface area contributed by atoms with Crippen molar-refractivity contribution in [3.63, 3.8) is 0 Å². The van der Waals surface area contributed by atoms with Crippen LogP contribution in [0.1, 0.15) is 54.4 Å². The van der Waals surface area contributed by atoms with E-state index in [1.807, 2.05) is 13.1 Å². The number of allylic oxidation sites excluding steroid dienone is 1. The van der Waals surface area contributed by atoms with Crippen LogP contribution in [0, 0.1) is 0 Å². The van der Waals surface area contributed by atoms with Crippen molar-refractivity contribution in [1.82, 2.24) is 25.0 Å². The molecule has 1 aliphatic carbocycles. The van der Waals surface area contributed by atoms with E-state index in [0.717, 1.165) is 37.3 Å². The number of piperidine rings is 1. The van der Waals surface area contributed by atoms with Gasteiger partial charge >= 0.3 is 0 Å². The second-order valence-corrected chi connectivity index (χ2v) is 7.74. The smallest absolute Gasteiger partial charge is 0.271 e. The highest BCUT2D eigenvalue weighted by Gasteiger charge is 2.19. The minimum atomic E-state index is -0.0993. The summed E-state index contributed by atoms with van der Waals surface area (Å²) in [4.78, 5) is 18.4. The predicted octanol–water partition coefficient (Wildman–Crippen LogP) is 2.98. The Morgan fingerprint density at radius 1 is 1.37 bits per heavy atom. The van der Waals surface area contributed by atoms with Gasteiger partial charge in [-0.2, -0.15) is 5.10 Å². The van der Waals surface area contributed by atoms with Crippen LogP contribution in [0.2, 0.25) is 0 Å². The minimum absolute atomic E-state index is 0.0993. The summed E-state index contributed by atoms with van der Waals surface area (Å²) >= 11 is 0. The van der Waals surface area contributed by atoms with E-state index >= 15 is 0 Å². The average Bonchev–Trinajstić information content (AvgIpc) is 3.26. The summed E-state index contributed by atoms with van der Waals surface area (Å²) in [5.41, 5.74) is 4.92. The molecule has 0 bridgehead atoms. The standard InChI is InChI=1S/C21H29N5O/c1-15-7-5-6-11-26(15)12-10-22-21(27)19-14-20(25(2)24-19)18-13-16-8-3-4-9-17(16)23-18/h4,9,13-15,23H,3,5-8,10-12H2,1-2H3,(H,22,27). The lowest BCUT2D eigenvalue weighted by atomic mass is 10.0. The van der Waals surface area contributed by atoms with Crippen molar-refractivity contribution in [3.05, 3.63) is 35.2 Å². The molecule has 6 heteroatoms. The lowest BCUT2D eigenvalue weighted by molar-refractivity contribution is 0.0933. The molecule has 1 saturated heterocycles. The number of carbonyl (C=O) groups is 1. The molecule has 1 atom stereocenters. The number of carbonyl (C=O) groups excluding carboxylic acids is 1. The molecule has 0 spiro atoms. The molecule has 0 radical (unpaired) electrons. The third-order valence-corrected chi connectivity index (χ3v) is 5.81. The molecule has 4 rings (SSSR count). The van der Waals surface area contributed by atoms with E-state index in [-0.39, 0.29) is 5.91 Å². The first-order valence-electron chi connectivity index (χ1n) is 10.1. The van der Waals surface area contributed by atoms with Gasteiger partial charge in [0.1, 0.15) is 0 Å². The second kappa shape index (κ2) is 7.72. The van der Waals surface area contributed by atoms with E-state index in [9.17, 15) is 4.79 Å². The van der Waals surface area contributed by atoms with Gasteiger partial charge in [-0.15, -0.1) is 0 Å². The van der Waals surface area contributed by atoms with E-state index in [1.165, 1.54) is 30.5 Å². The summed E-state index contributed by atoms with van der Waals surface area (Å²) < 4.78 is 1.78. The van der Waals surface area contributed by atoms with Crippen LogP contribution in [-0.2, 0) is 13.5 Å². The molecule has 0 saturated carbocycles. The Morgan fingerprint density at radius 3 is 3.07 bits per heavy atom. The third kappa shape index (κ3) is 3.86. The molecular formula is C21H29N5O. The molecule has 1 fully saturated rings. The van der Waals surface area contributed by atoms with Crippen LogP contribution < -0.4 is 5.32 Å². The van der Waals surface area contributed by atoms with E-state index in [4.69, 9.17) is 0 Å². The first-order valence-corrected chi connectivity index (χ1v) is 10.1. The van der Waals surface area contributed by atoms with Crippen molar-refractivity contribution in [3.8, 4) is 11.4 Å². The van der Waals surface area contributed by atoms with E-state index in [2.05, 4.69) is 45.4 Å². The number of nitrogens with zero attached hydrogens (tertiary/aromatic N) is 3. The van der Waals surface area contributed by atoms with E-state index in [0.29, 0.717) is 18.3 Å². The van der Waals surface area contributed by atoms with Gasteiger partial charge in [0.2, 0.25) is 0 Å². The van der Waals surface area contributed by atoms with Crippen molar-refractivity contribution < 1.29 is 4.79 Å². The van der Waals surface area contributed by atoms with Gasteiger partial charge in [0, 0.05) is 31.9 Å². The normalized spacial score (nSPS) is 19.9. The molecule has 1 unspecified atom stereocenters. The molecular weight excluding hydrogens is 338 g/mol. The summed E-state index contributed by atoms with van der Waals surface area (Å²) in [7, 11) is 1.89. The fraction of sp³-hybridized carbons (Fsp3) is 0.524. The maximum absolute atomic E-state index is 12.5. The number of fused-ring (bicyclic) bond motifs is 1. The van der Waals surface area contributed by atoms with Crippen LogP contribution in [-0.4, -0.2) is 51.2 Å². The van der Waals surface area contributed by atoms with Gasteiger partial charge in [0.05, 0.1) is 11.4 Å². The number of aromatic nitrogens is 3. The summed E-state index contributed by atoms with van der Waals surface area (Å²) in [6.45, 7) is 4.98. The topological polar surface area (TPSA) is 66.0 Å². The number of aryl methyl sites for hydroxylation is 2. The molecule has 2 N–H and O–H groups in total. The first-order chi connectivity index (χ1) is 13.1. The quantitative estimate of drug-likeness (QED) is 0.854. The molecule has 2 aromatic rings. The molecule has 2 aliphatic rings. The fourth-order valence-electron chi connectivity index (χ4n) is 4.17. The third-order valence-electron chi connectivity index (χ3n) is 5.81. The van der Waals surface area contributed by atoms with Crippen molar-refractivity contribution in [2.75, 3.05) is 19.6 Å². The van der Waals surface area contributed by atoms with E-state index in [1.54, 1.807) is 4.68 Å². The molecule has 1 amide bonds. The van der Waals surface area contributed by atoms with Crippen molar-refractivity contribution >= 4 is 12.0 Å². The zero-order valence-corrected chi connectivity index (χ0v) is 16.3. The van der Waals surface area contributed by atoms with Crippen LogP contribution in [0.25, 0.3) is 17.5 Å². The van der Waals surface area contributed by atoms with Gasteiger partial charge in [-0.25, -0.2) is 0 Å². The van der Waals surface area contributed by atoms with Crippen LogP contribution in [0.4, 0.5) is 0 Å². The summed E-state index contributed by atoms with van der Waals surface area (Å²) in [6.07, 6.45) is 10.3. The lowest BCUT2D eigenvalue weighted by Crippen LogP contribution is -2.42. The Bertz CT molecular complexity index is 847. The zero-order chi connectivity index (χ0) is 18.8. The Kier molecular flexibility index (Phi) is 5.16. The Labute approximate surface area is 160 Å². The van der Waals surface area contributed by atoms with Gasteiger partial charge in [-0.05, 0) is 62.9 Å². The number of hydrogen-bond acceptors (Lipinski definition) is 3. The molecule has 3 heterocycles. The van der Waals surface area contributed by atoms with Crippen LogP contribution in [0.3, 0.4) is 0 Å². The Balaban J connectivity index is 1.39. The predicted molar refractivity (Wildman–Crippen MR) is 108 cm³/mol. The maximum Gasteiger partial charge on any atom is 0.271 e. The fourth-order valence-corrected chi connectivity index (χ4v) is 4.17. The highest BCUT2D eigenvalue weighted by atomic mass is 16.1. The molecule has 6 nitrogen and oxygen atoms in total. The summed E-state index contributed by atoms with van der Waals surface area (Å²) in [6, 6.07) is 4.67. The number of amides is 1. The van der Waals surface area contributed by atoms with Gasteiger partial charge in [0.15, 0.2) is 5.69 Å². The van der Waals surface area contributed by atoms with Crippen molar-refractivity contribution in [2.45, 2.75) is 45.1 Å². The summed E-state index contributed by atoms with van der Waals surface area (Å²) in [5, 5.41) is 7.46. The lowest BCUT2D eigenvalue weighted by Gasteiger charge is -2.33. The van der Waals surface area contributed by atoms with Crippen LogP contribution >= 0.6 is 0 Å². The SMILES string of the molecule is CC1CCCCN1CCNC(=O)c1cc(-c2cc3c([nH]2)C=CCC3)n(C)n1. The largest absolute Gasteiger partial charge is 0.354 e. The van der Waals surface area contributed by atoms with Gasteiger partial charge < -0.3 is 10.3 Å². The number of H-pyrrole nitrogens is 1. The highest BCUT2D eigenvalue weighted by molar-refractivity contribution is 5.93. The molecule has 0 aromatic carbocycles. The minimum Gasteiger partial charge on any atom is -0.354 e. The molecule has 144 valence electrons. The number of hydrogen-bond donors (Lipinski definition) is 2. The monoisotopic (exact) mass is 367 g/mol. The highest BCUT2D eigenvalue weighted by Crippen LogP contribution is 2.26. The van der Waals surface area contributed by atoms with Gasteiger partial charge in [-0.3, -0.25) is 14.4 Å². The molecule has 27 heavy (non-hydrogen) atoms. The Morgan fingerprint density at radius 2 is 2.26 bits per heavy atom. The van der Waals surface area contributed by atoms with Crippen molar-refractivity contribution in [1.29, 1.82) is 0 Å². The summed E-state index contributed by atoms with van der Waals surface area (Å²) in [5.74, 6) is -0.0993. The molecule has 2 aromatic heterocycles. The average molecular weight is 367 g/mol. The van der Waals surface area contributed by atoms with Crippen LogP contribution in [0.5, 0.6) is 0 Å². The van der Waals surface area contributed by atoms with Crippen LogP contribution in [0.15, 0.2) is 18.2 Å². The number of aromatic amines is 1.